The Kier molecular flexibility index (Phi) is 3.51. The van der Waals surface area contributed by atoms with E-state index < -0.39 is 0 Å². The molecule has 2 aromatic heterocycles. The van der Waals surface area contributed by atoms with Crippen molar-refractivity contribution in [2.45, 2.75) is 76.8 Å². The van der Waals surface area contributed by atoms with Crippen molar-refractivity contribution in [3.8, 4) is 0 Å². The molecule has 2 aliphatic rings. The van der Waals surface area contributed by atoms with Crippen molar-refractivity contribution in [3.63, 3.8) is 0 Å². The van der Waals surface area contributed by atoms with Crippen molar-refractivity contribution in [1.29, 1.82) is 0 Å². The lowest BCUT2D eigenvalue weighted by Gasteiger charge is -2.13. The van der Waals surface area contributed by atoms with E-state index in [0.717, 1.165) is 28.9 Å². The zero-order valence-corrected chi connectivity index (χ0v) is 13.5. The predicted molar refractivity (Wildman–Crippen MR) is 86.7 cm³/mol. The molecule has 0 saturated heterocycles. The SMILES string of the molecule is CCC(C)n1cnc(=NC2CCCC2)c2[nH]c(C3CC3)nc21. The second-order valence-corrected chi connectivity index (χ2v) is 6.90. The van der Waals surface area contributed by atoms with E-state index in [0.29, 0.717) is 18.0 Å². The Balaban J connectivity index is 1.86. The summed E-state index contributed by atoms with van der Waals surface area (Å²) in [5.41, 5.74) is 2.93. The number of rotatable bonds is 4. The van der Waals surface area contributed by atoms with Gasteiger partial charge >= 0.3 is 0 Å². The molecule has 1 N–H and O–H groups in total. The fourth-order valence-corrected chi connectivity index (χ4v) is 3.33. The zero-order chi connectivity index (χ0) is 15.1. The third-order valence-electron chi connectivity index (χ3n) is 5.13. The van der Waals surface area contributed by atoms with Crippen LogP contribution in [0.4, 0.5) is 0 Å². The highest BCUT2D eigenvalue weighted by atomic mass is 15.1. The molecular formula is C17H25N5. The maximum atomic E-state index is 4.91. The summed E-state index contributed by atoms with van der Waals surface area (Å²) in [4.78, 5) is 18.0. The van der Waals surface area contributed by atoms with Crippen LogP contribution in [0, 0.1) is 0 Å². The number of aromatic amines is 1. The quantitative estimate of drug-likeness (QED) is 0.940. The molecule has 118 valence electrons. The number of nitrogens with zero attached hydrogens (tertiary/aromatic N) is 4. The van der Waals surface area contributed by atoms with Crippen LogP contribution >= 0.6 is 0 Å². The van der Waals surface area contributed by atoms with Gasteiger partial charge in [0.05, 0.1) is 12.4 Å². The second-order valence-electron chi connectivity index (χ2n) is 6.90. The molecule has 2 aromatic rings. The number of nitrogens with one attached hydrogen (secondary N) is 1. The third kappa shape index (κ3) is 2.46. The van der Waals surface area contributed by atoms with Gasteiger partial charge in [-0.3, -0.25) is 4.99 Å². The molecule has 5 heteroatoms. The molecule has 4 rings (SSSR count). The molecule has 0 amide bonds. The van der Waals surface area contributed by atoms with E-state index in [2.05, 4.69) is 28.4 Å². The summed E-state index contributed by atoms with van der Waals surface area (Å²) in [5.74, 6) is 1.75. The van der Waals surface area contributed by atoms with Crippen LogP contribution in [0.5, 0.6) is 0 Å². The van der Waals surface area contributed by atoms with Crippen molar-refractivity contribution < 1.29 is 0 Å². The van der Waals surface area contributed by atoms with Gasteiger partial charge in [-0.1, -0.05) is 19.8 Å². The Hall–Kier alpha value is -1.65. The zero-order valence-electron chi connectivity index (χ0n) is 13.5. The van der Waals surface area contributed by atoms with Crippen LogP contribution in [0.15, 0.2) is 11.3 Å². The van der Waals surface area contributed by atoms with Gasteiger partial charge in [-0.2, -0.15) is 0 Å². The molecule has 1 atom stereocenters. The van der Waals surface area contributed by atoms with E-state index in [4.69, 9.17) is 9.98 Å². The fourth-order valence-electron chi connectivity index (χ4n) is 3.33. The van der Waals surface area contributed by atoms with Crippen LogP contribution in [-0.4, -0.2) is 25.6 Å². The summed E-state index contributed by atoms with van der Waals surface area (Å²) < 4.78 is 2.20. The molecule has 0 spiro atoms. The lowest BCUT2D eigenvalue weighted by atomic mass is 10.2. The van der Waals surface area contributed by atoms with Gasteiger partial charge in [0.2, 0.25) is 0 Å². The normalized spacial score (nSPS) is 21.8. The summed E-state index contributed by atoms with van der Waals surface area (Å²) >= 11 is 0. The highest BCUT2D eigenvalue weighted by Crippen LogP contribution is 2.38. The summed E-state index contributed by atoms with van der Waals surface area (Å²) in [5, 5.41) is 0. The van der Waals surface area contributed by atoms with Gasteiger partial charge in [0.1, 0.15) is 11.3 Å². The van der Waals surface area contributed by atoms with Crippen LogP contribution in [0.25, 0.3) is 11.2 Å². The van der Waals surface area contributed by atoms with Gasteiger partial charge in [-0.15, -0.1) is 0 Å². The minimum Gasteiger partial charge on any atom is -0.337 e. The monoisotopic (exact) mass is 299 g/mol. The fraction of sp³-hybridized carbons (Fsp3) is 0.706. The standard InChI is InChI=1S/C17H25N5/c1-3-11(2)22-10-18-16(19-13-6-4-5-7-13)14-17(22)21-15(20-14)12-8-9-12/h10-13H,3-9H2,1-2H3,(H,20,21). The number of hydrogen-bond acceptors (Lipinski definition) is 3. The van der Waals surface area contributed by atoms with Crippen molar-refractivity contribution in [1.82, 2.24) is 19.5 Å². The summed E-state index contributed by atoms with van der Waals surface area (Å²) in [7, 11) is 0. The molecule has 5 nitrogen and oxygen atoms in total. The van der Waals surface area contributed by atoms with Gasteiger partial charge in [-0.25, -0.2) is 9.97 Å². The molecule has 2 fully saturated rings. The molecule has 22 heavy (non-hydrogen) atoms. The van der Waals surface area contributed by atoms with E-state index in [9.17, 15) is 0 Å². The topological polar surface area (TPSA) is 58.9 Å². The molecule has 0 bridgehead atoms. The van der Waals surface area contributed by atoms with E-state index >= 15 is 0 Å². The molecule has 0 radical (unpaired) electrons. The van der Waals surface area contributed by atoms with Gasteiger partial charge in [-0.05, 0) is 39.0 Å². The summed E-state index contributed by atoms with van der Waals surface area (Å²) in [6, 6.07) is 0.855. The van der Waals surface area contributed by atoms with Crippen molar-refractivity contribution in [3.05, 3.63) is 17.6 Å². The lowest BCUT2D eigenvalue weighted by molar-refractivity contribution is 0.532. The molecule has 2 aliphatic carbocycles. The molecule has 0 aromatic carbocycles. The maximum absolute atomic E-state index is 4.91. The van der Waals surface area contributed by atoms with Crippen LogP contribution < -0.4 is 5.49 Å². The van der Waals surface area contributed by atoms with Crippen LogP contribution in [0.2, 0.25) is 0 Å². The van der Waals surface area contributed by atoms with Crippen molar-refractivity contribution in [2.24, 2.45) is 4.99 Å². The lowest BCUT2D eigenvalue weighted by Crippen LogP contribution is -2.18. The number of aromatic nitrogens is 4. The average Bonchev–Trinajstić information content (AvgIpc) is 3.08. The summed E-state index contributed by atoms with van der Waals surface area (Å²) in [6.07, 6.45) is 10.5. The Morgan fingerprint density at radius 1 is 1.32 bits per heavy atom. The Labute approximate surface area is 130 Å². The molecule has 1 unspecified atom stereocenters. The van der Waals surface area contributed by atoms with Gasteiger partial charge in [0.25, 0.3) is 0 Å². The first-order valence-electron chi connectivity index (χ1n) is 8.77. The maximum Gasteiger partial charge on any atom is 0.176 e. The van der Waals surface area contributed by atoms with Crippen LogP contribution in [0.3, 0.4) is 0 Å². The Morgan fingerprint density at radius 3 is 2.77 bits per heavy atom. The minimum atomic E-state index is 0.408. The van der Waals surface area contributed by atoms with E-state index in [1.165, 1.54) is 38.5 Å². The first kappa shape index (κ1) is 14.0. The summed E-state index contributed by atoms with van der Waals surface area (Å²) in [6.45, 7) is 4.43. The number of imidazole rings is 1. The first-order valence-corrected chi connectivity index (χ1v) is 8.77. The molecule has 2 heterocycles. The Bertz CT molecular complexity index is 731. The second kappa shape index (κ2) is 5.52. The third-order valence-corrected chi connectivity index (χ3v) is 5.13. The first-order chi connectivity index (χ1) is 10.8. The molecule has 2 saturated carbocycles. The van der Waals surface area contributed by atoms with Crippen LogP contribution in [0.1, 0.15) is 76.6 Å². The number of fused-ring (bicyclic) bond motifs is 1. The predicted octanol–water partition coefficient (Wildman–Crippen LogP) is 3.45. The highest BCUT2D eigenvalue weighted by Gasteiger charge is 2.28. The van der Waals surface area contributed by atoms with E-state index in [1.54, 1.807) is 0 Å². The van der Waals surface area contributed by atoms with E-state index in [1.807, 2.05) is 6.33 Å². The Morgan fingerprint density at radius 2 is 2.09 bits per heavy atom. The molecule has 0 aliphatic heterocycles. The van der Waals surface area contributed by atoms with Gasteiger partial charge in [0.15, 0.2) is 11.1 Å². The average molecular weight is 299 g/mol. The number of hydrogen-bond donors (Lipinski definition) is 1. The van der Waals surface area contributed by atoms with Crippen LogP contribution in [-0.2, 0) is 0 Å². The largest absolute Gasteiger partial charge is 0.337 e. The molecular weight excluding hydrogens is 274 g/mol. The van der Waals surface area contributed by atoms with E-state index in [-0.39, 0.29) is 0 Å². The van der Waals surface area contributed by atoms with Crippen molar-refractivity contribution in [2.75, 3.05) is 0 Å². The number of H-pyrrole nitrogens is 1. The highest BCUT2D eigenvalue weighted by molar-refractivity contribution is 5.70. The van der Waals surface area contributed by atoms with Crippen molar-refractivity contribution >= 4 is 11.2 Å². The van der Waals surface area contributed by atoms with Gasteiger partial charge in [0, 0.05) is 12.0 Å². The van der Waals surface area contributed by atoms with Gasteiger partial charge < -0.3 is 9.55 Å². The minimum absolute atomic E-state index is 0.408. The smallest absolute Gasteiger partial charge is 0.176 e.